The molecule has 1 saturated heterocycles. The number of benzene rings is 1. The maximum Gasteiger partial charge on any atom is 0.289 e. The molecule has 1 aromatic heterocycles. The van der Waals surface area contributed by atoms with Crippen molar-refractivity contribution in [2.24, 2.45) is 4.99 Å². The second-order valence-electron chi connectivity index (χ2n) is 6.34. The van der Waals surface area contributed by atoms with Gasteiger partial charge in [0.1, 0.15) is 6.54 Å². The Bertz CT molecular complexity index is 803. The van der Waals surface area contributed by atoms with E-state index in [-0.39, 0.29) is 42.3 Å². The number of hydrogen-bond donors (Lipinski definition) is 2. The minimum atomic E-state index is -0.173. The quantitative estimate of drug-likeness (QED) is 0.365. The van der Waals surface area contributed by atoms with E-state index in [0.29, 0.717) is 44.4 Å². The fraction of sp³-hybridized carbons (Fsp3) is 0.350. The predicted molar refractivity (Wildman–Crippen MR) is 123 cm³/mol. The van der Waals surface area contributed by atoms with E-state index in [1.165, 1.54) is 6.26 Å². The van der Waals surface area contributed by atoms with Crippen LogP contribution in [0.1, 0.15) is 17.5 Å². The van der Waals surface area contributed by atoms with Crippen molar-refractivity contribution >= 4 is 47.4 Å². The Morgan fingerprint density at radius 2 is 1.72 bits per heavy atom. The van der Waals surface area contributed by atoms with Crippen LogP contribution in [0.3, 0.4) is 0 Å². The number of aliphatic imine (C=N–C) groups is 1. The van der Waals surface area contributed by atoms with Gasteiger partial charge in [-0.25, -0.2) is 4.99 Å². The van der Waals surface area contributed by atoms with Gasteiger partial charge in [-0.05, 0) is 31.2 Å². The maximum atomic E-state index is 12.4. The summed E-state index contributed by atoms with van der Waals surface area (Å²) in [6.07, 6.45) is 1.50. The summed E-state index contributed by atoms with van der Waals surface area (Å²) in [6.45, 7) is 5.13. The summed E-state index contributed by atoms with van der Waals surface area (Å²) in [4.78, 5) is 32.8. The van der Waals surface area contributed by atoms with Gasteiger partial charge in [-0.1, -0.05) is 18.2 Å². The smallest absolute Gasteiger partial charge is 0.289 e. The number of halogens is 1. The molecule has 2 heterocycles. The Hall–Kier alpha value is -2.56. The fourth-order valence-corrected chi connectivity index (χ4v) is 2.97. The van der Waals surface area contributed by atoms with Crippen molar-refractivity contribution in [3.63, 3.8) is 0 Å². The number of anilines is 1. The number of guanidine groups is 1. The van der Waals surface area contributed by atoms with Crippen molar-refractivity contribution in [3.8, 4) is 0 Å². The molecule has 1 aliphatic rings. The Kier molecular flexibility index (Phi) is 8.97. The second-order valence-corrected chi connectivity index (χ2v) is 6.34. The third-order valence-corrected chi connectivity index (χ3v) is 4.36. The molecule has 0 atom stereocenters. The molecule has 0 aliphatic carbocycles. The normalized spacial score (nSPS) is 14.2. The lowest BCUT2D eigenvalue weighted by atomic mass is 10.3. The van der Waals surface area contributed by atoms with E-state index in [4.69, 9.17) is 4.42 Å². The van der Waals surface area contributed by atoms with Crippen molar-refractivity contribution in [2.45, 2.75) is 6.92 Å². The van der Waals surface area contributed by atoms with Crippen LogP contribution < -0.4 is 10.6 Å². The molecule has 29 heavy (non-hydrogen) atoms. The van der Waals surface area contributed by atoms with Gasteiger partial charge in [0.15, 0.2) is 11.7 Å². The number of furan rings is 1. The highest BCUT2D eigenvalue weighted by atomic mass is 127. The van der Waals surface area contributed by atoms with Crippen LogP contribution in [0.25, 0.3) is 0 Å². The lowest BCUT2D eigenvalue weighted by molar-refractivity contribution is -0.114. The summed E-state index contributed by atoms with van der Waals surface area (Å²) in [5.74, 6) is 0.754. The topological polar surface area (TPSA) is 90.2 Å². The van der Waals surface area contributed by atoms with Crippen LogP contribution >= 0.6 is 24.0 Å². The summed E-state index contributed by atoms with van der Waals surface area (Å²) in [6, 6.07) is 12.7. The first-order chi connectivity index (χ1) is 13.7. The molecule has 2 N–H and O–H groups in total. The summed E-state index contributed by atoms with van der Waals surface area (Å²) < 4.78 is 5.19. The third-order valence-electron chi connectivity index (χ3n) is 4.36. The molecule has 1 aromatic carbocycles. The average molecular weight is 511 g/mol. The van der Waals surface area contributed by atoms with Crippen LogP contribution in [0, 0.1) is 0 Å². The van der Waals surface area contributed by atoms with E-state index in [9.17, 15) is 9.59 Å². The molecule has 9 heteroatoms. The molecule has 2 aromatic rings. The van der Waals surface area contributed by atoms with Gasteiger partial charge in [0.2, 0.25) is 5.91 Å². The molecule has 0 saturated carbocycles. The Labute approximate surface area is 187 Å². The van der Waals surface area contributed by atoms with Crippen LogP contribution in [0.5, 0.6) is 0 Å². The highest BCUT2D eigenvalue weighted by Gasteiger charge is 2.25. The van der Waals surface area contributed by atoms with Crippen LogP contribution in [0.2, 0.25) is 0 Å². The van der Waals surface area contributed by atoms with E-state index in [1.54, 1.807) is 17.0 Å². The zero-order valence-corrected chi connectivity index (χ0v) is 18.7. The van der Waals surface area contributed by atoms with Crippen LogP contribution in [0.4, 0.5) is 5.69 Å². The van der Waals surface area contributed by atoms with Gasteiger partial charge in [0.25, 0.3) is 5.91 Å². The maximum absolute atomic E-state index is 12.4. The van der Waals surface area contributed by atoms with Crippen molar-refractivity contribution in [2.75, 3.05) is 44.6 Å². The zero-order valence-electron chi connectivity index (χ0n) is 16.3. The number of amides is 2. The largest absolute Gasteiger partial charge is 0.459 e. The van der Waals surface area contributed by atoms with Crippen LogP contribution in [-0.2, 0) is 4.79 Å². The average Bonchev–Trinajstić information content (AvgIpc) is 3.26. The molecule has 156 valence electrons. The second kappa shape index (κ2) is 11.4. The highest BCUT2D eigenvalue weighted by molar-refractivity contribution is 14.0. The Balaban J connectivity index is 0.00000300. The van der Waals surface area contributed by atoms with Crippen molar-refractivity contribution in [3.05, 3.63) is 54.5 Å². The van der Waals surface area contributed by atoms with Gasteiger partial charge >= 0.3 is 0 Å². The number of carbonyl (C=O) groups is 2. The van der Waals surface area contributed by atoms with Crippen LogP contribution in [-0.4, -0.2) is 66.8 Å². The van der Waals surface area contributed by atoms with E-state index in [2.05, 4.69) is 20.5 Å². The Morgan fingerprint density at radius 1 is 1.03 bits per heavy atom. The number of para-hydroxylation sites is 1. The standard InChI is InChI=1S/C20H25N5O3.HI/c1-2-21-20(22-15-18(26)23-16-7-4-3-5-8-16)25-12-10-24(11-13-25)19(27)17-9-6-14-28-17;/h3-9,14H,2,10-13,15H2,1H3,(H,21,22)(H,23,26);1H. The monoisotopic (exact) mass is 511 g/mol. The fourth-order valence-electron chi connectivity index (χ4n) is 2.97. The van der Waals surface area contributed by atoms with Crippen LogP contribution in [0.15, 0.2) is 58.1 Å². The predicted octanol–water partition coefficient (Wildman–Crippen LogP) is 2.26. The molecule has 0 bridgehead atoms. The number of nitrogens with one attached hydrogen (secondary N) is 2. The van der Waals surface area contributed by atoms with Gasteiger partial charge in [-0.2, -0.15) is 0 Å². The number of piperazine rings is 1. The molecule has 1 fully saturated rings. The minimum Gasteiger partial charge on any atom is -0.459 e. The number of carbonyl (C=O) groups excluding carboxylic acids is 2. The number of nitrogens with zero attached hydrogens (tertiary/aromatic N) is 3. The van der Waals surface area contributed by atoms with Gasteiger partial charge in [0, 0.05) is 38.4 Å². The van der Waals surface area contributed by atoms with Gasteiger partial charge in [0.05, 0.1) is 6.26 Å². The first-order valence-corrected chi connectivity index (χ1v) is 9.38. The lowest BCUT2D eigenvalue weighted by Crippen LogP contribution is -2.53. The molecule has 8 nitrogen and oxygen atoms in total. The SMILES string of the molecule is CCNC(=NCC(=O)Nc1ccccc1)N1CCN(C(=O)c2ccco2)CC1.I. The molecule has 0 spiro atoms. The molecule has 2 amide bonds. The zero-order chi connectivity index (χ0) is 19.8. The van der Waals surface area contributed by atoms with E-state index >= 15 is 0 Å². The summed E-state index contributed by atoms with van der Waals surface area (Å²) in [5.41, 5.74) is 0.748. The van der Waals surface area contributed by atoms with E-state index in [1.807, 2.05) is 37.3 Å². The summed E-state index contributed by atoms with van der Waals surface area (Å²) in [5, 5.41) is 6.04. The minimum absolute atomic E-state index is 0. The Morgan fingerprint density at radius 3 is 2.34 bits per heavy atom. The molecule has 1 aliphatic heterocycles. The van der Waals surface area contributed by atoms with E-state index < -0.39 is 0 Å². The molecule has 0 radical (unpaired) electrons. The summed E-state index contributed by atoms with van der Waals surface area (Å²) >= 11 is 0. The van der Waals surface area contributed by atoms with Gasteiger partial charge in [-0.3, -0.25) is 9.59 Å². The van der Waals surface area contributed by atoms with Crippen molar-refractivity contribution < 1.29 is 14.0 Å². The number of hydrogen-bond acceptors (Lipinski definition) is 4. The van der Waals surface area contributed by atoms with Crippen molar-refractivity contribution in [1.29, 1.82) is 0 Å². The molecular weight excluding hydrogens is 485 g/mol. The molecular formula is C20H26IN5O3. The number of rotatable bonds is 5. The third kappa shape index (κ3) is 6.48. The molecule has 3 rings (SSSR count). The van der Waals surface area contributed by atoms with Gasteiger partial charge in [-0.15, -0.1) is 24.0 Å². The summed E-state index contributed by atoms with van der Waals surface area (Å²) in [7, 11) is 0. The van der Waals surface area contributed by atoms with Crippen molar-refractivity contribution in [1.82, 2.24) is 15.1 Å². The van der Waals surface area contributed by atoms with Gasteiger partial charge < -0.3 is 24.9 Å². The van der Waals surface area contributed by atoms with E-state index in [0.717, 1.165) is 5.69 Å². The first kappa shape index (κ1) is 22.7. The first-order valence-electron chi connectivity index (χ1n) is 9.38. The molecule has 0 unspecified atom stereocenters. The lowest BCUT2D eigenvalue weighted by Gasteiger charge is -2.36. The highest BCUT2D eigenvalue weighted by Crippen LogP contribution is 2.10.